The van der Waals surface area contributed by atoms with Gasteiger partial charge in [0.25, 0.3) is 0 Å². The number of hydrogen-bond donors (Lipinski definition) is 1. The number of benzene rings is 1. The lowest BCUT2D eigenvalue weighted by atomic mass is 9.86. The van der Waals surface area contributed by atoms with E-state index in [9.17, 15) is 16.8 Å². The first kappa shape index (κ1) is 18.1. The third-order valence-electron chi connectivity index (χ3n) is 4.40. The SMILES string of the molecule is CS(=O)(=O)N1CCC(c2cccc(S(N)(=O)=O)c2C2=NCN=N2)CC1. The van der Waals surface area contributed by atoms with Gasteiger partial charge in [-0.2, -0.15) is 5.11 Å². The summed E-state index contributed by atoms with van der Waals surface area (Å²) in [5, 5.41) is 13.1. The quantitative estimate of drug-likeness (QED) is 0.813. The van der Waals surface area contributed by atoms with E-state index in [4.69, 9.17) is 5.14 Å². The molecule has 0 atom stereocenters. The van der Waals surface area contributed by atoms with Crippen molar-refractivity contribution >= 4 is 25.9 Å². The van der Waals surface area contributed by atoms with E-state index in [1.165, 1.54) is 16.6 Å². The number of nitrogens with two attached hydrogens (primary N) is 1. The second kappa shape index (κ2) is 6.56. The molecule has 25 heavy (non-hydrogen) atoms. The maximum absolute atomic E-state index is 12.0. The molecule has 1 aromatic rings. The molecule has 11 heteroatoms. The minimum absolute atomic E-state index is 0.00630. The summed E-state index contributed by atoms with van der Waals surface area (Å²) in [6.07, 6.45) is 2.35. The zero-order valence-corrected chi connectivity index (χ0v) is 15.3. The molecule has 0 aliphatic carbocycles. The summed E-state index contributed by atoms with van der Waals surface area (Å²) in [5.41, 5.74) is 1.14. The summed E-state index contributed by atoms with van der Waals surface area (Å²) in [7, 11) is -7.18. The Morgan fingerprint density at radius 2 is 1.84 bits per heavy atom. The molecule has 1 aromatic carbocycles. The number of nitrogens with zero attached hydrogens (tertiary/aromatic N) is 4. The number of azo groups is 1. The van der Waals surface area contributed by atoms with Crippen molar-refractivity contribution in [2.75, 3.05) is 26.0 Å². The molecule has 0 spiro atoms. The fraction of sp³-hybridized carbons (Fsp3) is 0.500. The number of amidine groups is 1. The second-order valence-electron chi connectivity index (χ2n) is 6.07. The smallest absolute Gasteiger partial charge is 0.238 e. The average molecular weight is 385 g/mol. The van der Waals surface area contributed by atoms with Crippen LogP contribution in [0.2, 0.25) is 0 Å². The van der Waals surface area contributed by atoms with E-state index in [-0.39, 0.29) is 23.3 Å². The summed E-state index contributed by atoms with van der Waals surface area (Å²) >= 11 is 0. The van der Waals surface area contributed by atoms with Gasteiger partial charge in [-0.05, 0) is 30.4 Å². The minimum atomic E-state index is -3.95. The number of hydrogen-bond acceptors (Lipinski definition) is 7. The van der Waals surface area contributed by atoms with Crippen LogP contribution in [-0.2, 0) is 20.0 Å². The number of sulfonamides is 2. The molecule has 9 nitrogen and oxygen atoms in total. The minimum Gasteiger partial charge on any atom is -0.239 e. The van der Waals surface area contributed by atoms with Crippen molar-refractivity contribution in [2.45, 2.75) is 23.7 Å². The van der Waals surface area contributed by atoms with Crippen LogP contribution >= 0.6 is 0 Å². The van der Waals surface area contributed by atoms with Gasteiger partial charge in [0.15, 0.2) is 12.5 Å². The molecule has 2 heterocycles. The predicted octanol–water partition coefficient (Wildman–Crippen LogP) is 0.643. The first-order valence-corrected chi connectivity index (χ1v) is 11.1. The second-order valence-corrected chi connectivity index (χ2v) is 9.58. The van der Waals surface area contributed by atoms with Gasteiger partial charge in [0.2, 0.25) is 20.0 Å². The van der Waals surface area contributed by atoms with Crippen molar-refractivity contribution in [1.29, 1.82) is 0 Å². The molecule has 0 bridgehead atoms. The van der Waals surface area contributed by atoms with Gasteiger partial charge in [-0.15, -0.1) is 5.11 Å². The number of primary sulfonamides is 1. The van der Waals surface area contributed by atoms with Crippen molar-refractivity contribution in [2.24, 2.45) is 20.4 Å². The fourth-order valence-electron chi connectivity index (χ4n) is 3.22. The van der Waals surface area contributed by atoms with Crippen LogP contribution in [0, 0.1) is 0 Å². The molecule has 136 valence electrons. The molecule has 0 saturated carbocycles. The van der Waals surface area contributed by atoms with Gasteiger partial charge < -0.3 is 0 Å². The molecule has 3 rings (SSSR count). The van der Waals surface area contributed by atoms with Crippen molar-refractivity contribution < 1.29 is 16.8 Å². The highest BCUT2D eigenvalue weighted by molar-refractivity contribution is 7.89. The van der Waals surface area contributed by atoms with E-state index < -0.39 is 20.0 Å². The molecular formula is C14H19N5O4S2. The largest absolute Gasteiger partial charge is 0.239 e. The summed E-state index contributed by atoms with van der Waals surface area (Å²) < 4.78 is 48.8. The highest BCUT2D eigenvalue weighted by Gasteiger charge is 2.30. The Bertz CT molecular complexity index is 945. The average Bonchev–Trinajstić information content (AvgIpc) is 3.07. The van der Waals surface area contributed by atoms with E-state index in [1.54, 1.807) is 6.07 Å². The molecule has 2 aliphatic heterocycles. The maximum atomic E-state index is 12.0. The van der Waals surface area contributed by atoms with Gasteiger partial charge in [0, 0.05) is 18.7 Å². The van der Waals surface area contributed by atoms with Gasteiger partial charge in [-0.25, -0.2) is 31.3 Å². The Balaban J connectivity index is 2.02. The van der Waals surface area contributed by atoms with Crippen LogP contribution in [0.1, 0.15) is 29.9 Å². The van der Waals surface area contributed by atoms with Crippen LogP contribution in [-0.4, -0.2) is 53.0 Å². The zero-order valence-electron chi connectivity index (χ0n) is 13.7. The molecule has 1 saturated heterocycles. The van der Waals surface area contributed by atoms with Gasteiger partial charge in [-0.3, -0.25) is 0 Å². The third-order valence-corrected chi connectivity index (χ3v) is 6.66. The van der Waals surface area contributed by atoms with Crippen LogP contribution < -0.4 is 5.14 Å². The van der Waals surface area contributed by atoms with E-state index in [1.807, 2.05) is 6.07 Å². The van der Waals surface area contributed by atoms with E-state index in [2.05, 4.69) is 15.2 Å². The maximum Gasteiger partial charge on any atom is 0.238 e. The molecule has 0 amide bonds. The van der Waals surface area contributed by atoms with E-state index in [0.717, 1.165) is 5.56 Å². The van der Waals surface area contributed by atoms with Crippen molar-refractivity contribution in [1.82, 2.24) is 4.31 Å². The lowest BCUT2D eigenvalue weighted by molar-refractivity contribution is 0.321. The van der Waals surface area contributed by atoms with Crippen molar-refractivity contribution in [3.05, 3.63) is 29.3 Å². The third kappa shape index (κ3) is 3.78. The lowest BCUT2D eigenvalue weighted by Gasteiger charge is -2.31. The Hall–Kier alpha value is -1.69. The van der Waals surface area contributed by atoms with Crippen LogP contribution in [0.3, 0.4) is 0 Å². The number of piperidine rings is 1. The standard InChI is InChI=1S/C14H19N5O4S2/c1-24(20,21)19-7-5-10(6-8-19)11-3-2-4-12(25(15,22)23)13(11)14-16-9-17-18-14/h2-4,10H,5-9H2,1H3,(H2,15,22,23). The van der Waals surface area contributed by atoms with Gasteiger partial charge in [0.1, 0.15) is 0 Å². The van der Waals surface area contributed by atoms with Crippen molar-refractivity contribution in [3.8, 4) is 0 Å². The topological polar surface area (TPSA) is 135 Å². The van der Waals surface area contributed by atoms with Gasteiger partial charge >= 0.3 is 0 Å². The zero-order chi connectivity index (χ0) is 18.2. The number of rotatable bonds is 4. The Kier molecular flexibility index (Phi) is 4.75. The molecule has 1 fully saturated rings. The molecular weight excluding hydrogens is 366 g/mol. The molecule has 0 aromatic heterocycles. The highest BCUT2D eigenvalue weighted by atomic mass is 32.2. The molecule has 2 aliphatic rings. The Morgan fingerprint density at radius 1 is 1.16 bits per heavy atom. The van der Waals surface area contributed by atoms with Crippen molar-refractivity contribution in [3.63, 3.8) is 0 Å². The Labute approximate surface area is 146 Å². The van der Waals surface area contributed by atoms with E-state index in [0.29, 0.717) is 31.5 Å². The van der Waals surface area contributed by atoms with E-state index >= 15 is 0 Å². The first-order chi connectivity index (χ1) is 11.7. The molecule has 0 radical (unpaired) electrons. The van der Waals surface area contributed by atoms with Crippen LogP contribution in [0.25, 0.3) is 0 Å². The highest BCUT2D eigenvalue weighted by Crippen LogP contribution is 2.34. The summed E-state index contributed by atoms with van der Waals surface area (Å²) in [5.74, 6) is 0.248. The summed E-state index contributed by atoms with van der Waals surface area (Å²) in [6.45, 7) is 0.924. The Morgan fingerprint density at radius 3 is 2.36 bits per heavy atom. The lowest BCUT2D eigenvalue weighted by Crippen LogP contribution is -2.37. The predicted molar refractivity (Wildman–Crippen MR) is 92.5 cm³/mol. The summed E-state index contributed by atoms with van der Waals surface area (Å²) in [4.78, 5) is 4.11. The first-order valence-electron chi connectivity index (χ1n) is 7.71. The van der Waals surface area contributed by atoms with Gasteiger partial charge in [-0.1, -0.05) is 12.1 Å². The van der Waals surface area contributed by atoms with Crippen LogP contribution in [0.15, 0.2) is 38.3 Å². The van der Waals surface area contributed by atoms with Gasteiger partial charge in [0.05, 0.1) is 11.2 Å². The summed E-state index contributed by atoms with van der Waals surface area (Å²) in [6, 6.07) is 4.88. The monoisotopic (exact) mass is 385 g/mol. The van der Waals surface area contributed by atoms with Crippen LogP contribution in [0.4, 0.5) is 0 Å². The van der Waals surface area contributed by atoms with Crippen LogP contribution in [0.5, 0.6) is 0 Å². The molecule has 2 N–H and O–H groups in total. The number of aliphatic imine (C=N–C) groups is 1. The fourth-order valence-corrected chi connectivity index (χ4v) is 4.86. The molecule has 0 unspecified atom stereocenters. The normalized spacial score (nSPS) is 20.0.